The number of nitrogens with zero attached hydrogens (tertiary/aromatic N) is 1. The molecule has 0 aromatic carbocycles. The highest BCUT2D eigenvalue weighted by Gasteiger charge is 2.53. The second kappa shape index (κ2) is 5.82. The fraction of sp³-hybridized carbons (Fsp3) is 0.765. The van der Waals surface area contributed by atoms with Gasteiger partial charge in [0.05, 0.1) is 0 Å². The molecule has 0 radical (unpaired) electrons. The maximum atomic E-state index is 13.0. The first-order valence-corrected chi connectivity index (χ1v) is 8.42. The van der Waals surface area contributed by atoms with Crippen LogP contribution < -0.4 is 5.32 Å². The summed E-state index contributed by atoms with van der Waals surface area (Å²) in [4.78, 5) is 27.6. The predicted molar refractivity (Wildman–Crippen MR) is 81.6 cm³/mol. The molecule has 4 heteroatoms. The molecule has 2 aliphatic carbocycles. The van der Waals surface area contributed by atoms with E-state index in [0.29, 0.717) is 12.5 Å². The van der Waals surface area contributed by atoms with Crippen LogP contribution in [0.4, 0.5) is 0 Å². The summed E-state index contributed by atoms with van der Waals surface area (Å²) in [5.41, 5.74) is -0.606. The Morgan fingerprint density at radius 1 is 1.14 bits per heavy atom. The summed E-state index contributed by atoms with van der Waals surface area (Å²) in [5, 5.41) is 3.11. The third kappa shape index (κ3) is 2.49. The molecule has 1 unspecified atom stereocenters. The summed E-state index contributed by atoms with van der Waals surface area (Å²) in [6, 6.07) is -0.276. The van der Waals surface area contributed by atoms with Gasteiger partial charge in [0.2, 0.25) is 11.8 Å². The van der Waals surface area contributed by atoms with E-state index in [0.717, 1.165) is 38.5 Å². The molecule has 116 valence electrons. The van der Waals surface area contributed by atoms with Crippen molar-refractivity contribution < 1.29 is 9.59 Å². The van der Waals surface area contributed by atoms with E-state index < -0.39 is 5.54 Å². The van der Waals surface area contributed by atoms with Crippen LogP contribution in [0.5, 0.6) is 0 Å². The zero-order valence-electron chi connectivity index (χ0n) is 12.8. The fourth-order valence-electron chi connectivity index (χ4n) is 4.48. The van der Waals surface area contributed by atoms with Crippen LogP contribution in [0.25, 0.3) is 0 Å². The van der Waals surface area contributed by atoms with E-state index in [1.54, 1.807) is 6.08 Å². The van der Waals surface area contributed by atoms with Crippen molar-refractivity contribution in [2.45, 2.75) is 69.4 Å². The summed E-state index contributed by atoms with van der Waals surface area (Å²) < 4.78 is 0. The van der Waals surface area contributed by atoms with Crippen molar-refractivity contribution in [3.8, 4) is 0 Å². The van der Waals surface area contributed by atoms with Crippen LogP contribution in [0.1, 0.15) is 57.8 Å². The van der Waals surface area contributed by atoms with Gasteiger partial charge in [0.15, 0.2) is 0 Å². The van der Waals surface area contributed by atoms with Crippen LogP contribution in [-0.2, 0) is 9.59 Å². The third-order valence-electron chi connectivity index (χ3n) is 5.52. The van der Waals surface area contributed by atoms with Gasteiger partial charge in [-0.1, -0.05) is 38.2 Å². The second-order valence-electron chi connectivity index (χ2n) is 6.87. The molecule has 1 saturated heterocycles. The lowest BCUT2D eigenvalue weighted by atomic mass is 9.79. The van der Waals surface area contributed by atoms with Gasteiger partial charge in [-0.25, -0.2) is 0 Å². The highest BCUT2D eigenvalue weighted by molar-refractivity contribution is 6.00. The predicted octanol–water partition coefficient (Wildman–Crippen LogP) is 2.39. The van der Waals surface area contributed by atoms with E-state index >= 15 is 0 Å². The van der Waals surface area contributed by atoms with E-state index in [-0.39, 0.29) is 17.9 Å². The van der Waals surface area contributed by atoms with E-state index in [1.807, 2.05) is 4.90 Å². The van der Waals surface area contributed by atoms with Crippen molar-refractivity contribution in [1.82, 2.24) is 10.2 Å². The Kier molecular flexibility index (Phi) is 4.05. The largest absolute Gasteiger partial charge is 0.340 e. The lowest BCUT2D eigenvalue weighted by Gasteiger charge is -2.47. The number of hydrogen-bond acceptors (Lipinski definition) is 2. The van der Waals surface area contributed by atoms with Crippen molar-refractivity contribution in [3.63, 3.8) is 0 Å². The monoisotopic (exact) mass is 290 g/mol. The minimum Gasteiger partial charge on any atom is -0.340 e. The normalized spacial score (nSPS) is 29.7. The Bertz CT molecular complexity index is 434. The maximum absolute atomic E-state index is 13.0. The van der Waals surface area contributed by atoms with Gasteiger partial charge in [-0.3, -0.25) is 9.59 Å². The first-order valence-electron chi connectivity index (χ1n) is 8.42. The molecule has 21 heavy (non-hydrogen) atoms. The molecule has 1 N–H and O–H groups in total. The number of amides is 2. The van der Waals surface area contributed by atoms with Crippen molar-refractivity contribution >= 4 is 11.8 Å². The topological polar surface area (TPSA) is 49.4 Å². The van der Waals surface area contributed by atoms with Crippen molar-refractivity contribution in [2.24, 2.45) is 5.92 Å². The molecular formula is C17H26N2O2. The number of rotatable bonds is 3. The molecule has 0 bridgehead atoms. The molecular weight excluding hydrogens is 264 g/mol. The zero-order chi connectivity index (χ0) is 14.9. The fourth-order valence-corrected chi connectivity index (χ4v) is 4.48. The average Bonchev–Trinajstić information content (AvgIpc) is 2.95. The molecule has 3 aliphatic rings. The first-order chi connectivity index (χ1) is 10.2. The van der Waals surface area contributed by atoms with Crippen LogP contribution >= 0.6 is 0 Å². The average molecular weight is 290 g/mol. The minimum atomic E-state index is -0.606. The summed E-state index contributed by atoms with van der Waals surface area (Å²) >= 11 is 0. The van der Waals surface area contributed by atoms with Crippen molar-refractivity contribution in [1.29, 1.82) is 0 Å². The highest BCUT2D eigenvalue weighted by Crippen LogP contribution is 2.38. The van der Waals surface area contributed by atoms with Gasteiger partial charge in [0.1, 0.15) is 11.6 Å². The molecule has 3 fully saturated rings. The quantitative estimate of drug-likeness (QED) is 0.811. The van der Waals surface area contributed by atoms with E-state index in [2.05, 4.69) is 11.9 Å². The molecule has 2 amide bonds. The second-order valence-corrected chi connectivity index (χ2v) is 6.87. The van der Waals surface area contributed by atoms with Gasteiger partial charge < -0.3 is 10.2 Å². The Balaban J connectivity index is 1.87. The lowest BCUT2D eigenvalue weighted by Crippen LogP contribution is -2.70. The molecule has 1 aliphatic heterocycles. The Labute approximate surface area is 127 Å². The maximum Gasteiger partial charge on any atom is 0.249 e. The van der Waals surface area contributed by atoms with Gasteiger partial charge >= 0.3 is 0 Å². The number of piperazine rings is 1. The summed E-state index contributed by atoms with van der Waals surface area (Å²) in [7, 11) is 0. The Morgan fingerprint density at radius 2 is 1.81 bits per heavy atom. The summed E-state index contributed by atoms with van der Waals surface area (Å²) in [6.07, 6.45) is 11.1. The Morgan fingerprint density at radius 3 is 2.43 bits per heavy atom. The number of hydrogen-bond donors (Lipinski definition) is 1. The minimum absolute atomic E-state index is 0.0743. The van der Waals surface area contributed by atoms with Crippen LogP contribution in [-0.4, -0.2) is 34.8 Å². The van der Waals surface area contributed by atoms with E-state index in [9.17, 15) is 9.59 Å². The number of carbonyl (C=O) groups is 2. The summed E-state index contributed by atoms with van der Waals surface area (Å²) in [5.74, 6) is 0.529. The number of carbonyl (C=O) groups excluding carboxylic acids is 2. The standard InChI is InChI=1S/C17H26N2O2/c1-2-12-19-14(13-8-4-3-5-9-13)15(20)18-17(16(19)21)10-6-7-11-17/h2,13-14H,1,3-12H2,(H,18,20). The zero-order valence-corrected chi connectivity index (χ0v) is 12.8. The van der Waals surface area contributed by atoms with Gasteiger partial charge in [-0.05, 0) is 31.6 Å². The van der Waals surface area contributed by atoms with Crippen molar-refractivity contribution in [2.75, 3.05) is 6.54 Å². The molecule has 3 rings (SSSR count). The van der Waals surface area contributed by atoms with Gasteiger partial charge in [0, 0.05) is 6.54 Å². The van der Waals surface area contributed by atoms with Crippen LogP contribution in [0.15, 0.2) is 12.7 Å². The molecule has 2 saturated carbocycles. The molecule has 0 aromatic rings. The molecule has 4 nitrogen and oxygen atoms in total. The van der Waals surface area contributed by atoms with Gasteiger partial charge in [0.25, 0.3) is 0 Å². The molecule has 1 spiro atoms. The van der Waals surface area contributed by atoms with Crippen LogP contribution in [0.2, 0.25) is 0 Å². The van der Waals surface area contributed by atoms with Crippen molar-refractivity contribution in [3.05, 3.63) is 12.7 Å². The van der Waals surface area contributed by atoms with Crippen LogP contribution in [0, 0.1) is 5.92 Å². The van der Waals surface area contributed by atoms with E-state index in [4.69, 9.17) is 0 Å². The smallest absolute Gasteiger partial charge is 0.249 e. The van der Waals surface area contributed by atoms with Crippen LogP contribution in [0.3, 0.4) is 0 Å². The lowest BCUT2D eigenvalue weighted by molar-refractivity contribution is -0.157. The summed E-state index contributed by atoms with van der Waals surface area (Å²) in [6.45, 7) is 4.28. The molecule has 1 atom stereocenters. The SMILES string of the molecule is C=CCN1C(=O)C2(CCCC2)NC(=O)C1C1CCCCC1. The number of nitrogens with one attached hydrogen (secondary N) is 1. The molecule has 0 aromatic heterocycles. The third-order valence-corrected chi connectivity index (χ3v) is 5.52. The van der Waals surface area contributed by atoms with E-state index in [1.165, 1.54) is 19.3 Å². The first kappa shape index (κ1) is 14.6. The molecule has 1 heterocycles. The highest BCUT2D eigenvalue weighted by atomic mass is 16.2. The van der Waals surface area contributed by atoms with Gasteiger partial charge in [-0.2, -0.15) is 0 Å². The Hall–Kier alpha value is -1.32. The van der Waals surface area contributed by atoms with Gasteiger partial charge in [-0.15, -0.1) is 6.58 Å².